The predicted octanol–water partition coefficient (Wildman–Crippen LogP) is 4.00. The third-order valence-electron chi connectivity index (χ3n) is 4.01. The molecule has 4 nitrogen and oxygen atoms in total. The number of hydrogen-bond donors (Lipinski definition) is 2. The van der Waals surface area contributed by atoms with Crippen LogP contribution in [0, 0.1) is 0 Å². The van der Waals surface area contributed by atoms with E-state index in [0.29, 0.717) is 12.8 Å². The molecule has 2 unspecified atom stereocenters. The molecule has 0 aromatic carbocycles. The van der Waals surface area contributed by atoms with Crippen molar-refractivity contribution in [3.63, 3.8) is 0 Å². The molecule has 0 aromatic heterocycles. The Balaban J connectivity index is 3.79. The highest BCUT2D eigenvalue weighted by atomic mass is 16.3. The average Bonchev–Trinajstić information content (AvgIpc) is 2.58. The van der Waals surface area contributed by atoms with Gasteiger partial charge in [-0.15, -0.1) is 0 Å². The lowest BCUT2D eigenvalue weighted by molar-refractivity contribution is -0.129. The van der Waals surface area contributed by atoms with Gasteiger partial charge in [-0.3, -0.25) is 4.79 Å². The predicted molar refractivity (Wildman–Crippen MR) is 105 cm³/mol. The molecule has 4 heteroatoms. The summed E-state index contributed by atoms with van der Waals surface area (Å²) >= 11 is 0. The molecule has 0 saturated heterocycles. The minimum atomic E-state index is -0.615. The van der Waals surface area contributed by atoms with E-state index < -0.39 is 6.10 Å². The van der Waals surface area contributed by atoms with Gasteiger partial charge in [0.05, 0.1) is 12.2 Å². The van der Waals surface area contributed by atoms with Gasteiger partial charge >= 0.3 is 0 Å². The molecule has 1 amide bonds. The van der Waals surface area contributed by atoms with Gasteiger partial charge in [0.25, 0.3) is 0 Å². The Bertz CT molecular complexity index is 413. The summed E-state index contributed by atoms with van der Waals surface area (Å²) in [6, 6.07) is 0. The number of nitrogens with zero attached hydrogens (tertiary/aromatic N) is 1. The third-order valence-corrected chi connectivity index (χ3v) is 4.01. The maximum absolute atomic E-state index is 11.4. The molecular formula is C21H37NO3. The molecule has 0 bridgehead atoms. The lowest BCUT2D eigenvalue weighted by Crippen LogP contribution is -2.22. The van der Waals surface area contributed by atoms with Crippen LogP contribution in [0.5, 0.6) is 0 Å². The molecule has 2 N–H and O–H groups in total. The summed E-state index contributed by atoms with van der Waals surface area (Å²) in [6.45, 7) is 2.21. The third kappa shape index (κ3) is 15.9. The quantitative estimate of drug-likeness (QED) is 0.367. The van der Waals surface area contributed by atoms with Crippen molar-refractivity contribution in [3.8, 4) is 0 Å². The minimum Gasteiger partial charge on any atom is -0.389 e. The zero-order valence-electron chi connectivity index (χ0n) is 16.2. The topological polar surface area (TPSA) is 60.8 Å². The summed E-state index contributed by atoms with van der Waals surface area (Å²) in [7, 11) is 3.42. The van der Waals surface area contributed by atoms with Gasteiger partial charge in [-0.2, -0.15) is 0 Å². The van der Waals surface area contributed by atoms with Gasteiger partial charge in [0.15, 0.2) is 0 Å². The van der Waals surface area contributed by atoms with Gasteiger partial charge in [-0.05, 0) is 12.8 Å². The monoisotopic (exact) mass is 351 g/mol. The number of carbonyl (C=O) groups is 1. The highest BCUT2D eigenvalue weighted by molar-refractivity contribution is 5.75. The molecular weight excluding hydrogens is 314 g/mol. The van der Waals surface area contributed by atoms with E-state index in [4.69, 9.17) is 0 Å². The molecule has 0 fully saturated rings. The first-order chi connectivity index (χ1) is 12.0. The Morgan fingerprint density at radius 3 is 1.92 bits per heavy atom. The standard InChI is InChI=1S/C21H37NO3/c1-4-5-6-7-8-11-14-19(23)15-12-9-10-13-16-20(24)17-18-21(25)22(2)3/h9-10,12-13,15-16,19-20,23-24H,4-8,11,14,17-18H2,1-3H3/b10-9-,15-12+,16-13+. The van der Waals surface area contributed by atoms with Crippen molar-refractivity contribution >= 4 is 5.91 Å². The van der Waals surface area contributed by atoms with Crippen molar-refractivity contribution in [2.24, 2.45) is 0 Å². The molecule has 0 rings (SSSR count). The fraction of sp³-hybridized carbons (Fsp3) is 0.667. The highest BCUT2D eigenvalue weighted by Crippen LogP contribution is 2.09. The molecule has 0 spiro atoms. The van der Waals surface area contributed by atoms with Crippen molar-refractivity contribution < 1.29 is 15.0 Å². The van der Waals surface area contributed by atoms with Crippen LogP contribution in [-0.4, -0.2) is 47.3 Å². The van der Waals surface area contributed by atoms with Crippen molar-refractivity contribution in [1.29, 1.82) is 0 Å². The van der Waals surface area contributed by atoms with E-state index >= 15 is 0 Å². The van der Waals surface area contributed by atoms with Crippen molar-refractivity contribution in [2.45, 2.75) is 76.9 Å². The fourth-order valence-corrected chi connectivity index (χ4v) is 2.33. The molecule has 0 aliphatic rings. The maximum atomic E-state index is 11.4. The van der Waals surface area contributed by atoms with Gasteiger partial charge in [0.1, 0.15) is 0 Å². The van der Waals surface area contributed by atoms with E-state index in [0.717, 1.165) is 12.8 Å². The number of amides is 1. The van der Waals surface area contributed by atoms with Gasteiger partial charge in [-0.1, -0.05) is 81.9 Å². The number of hydrogen-bond acceptors (Lipinski definition) is 3. The summed E-state index contributed by atoms with van der Waals surface area (Å²) in [5.74, 6) is 0.0188. The summed E-state index contributed by atoms with van der Waals surface area (Å²) in [6.07, 6.45) is 18.6. The molecule has 144 valence electrons. The summed E-state index contributed by atoms with van der Waals surface area (Å²) in [5.41, 5.74) is 0. The van der Waals surface area contributed by atoms with E-state index in [9.17, 15) is 15.0 Å². The lowest BCUT2D eigenvalue weighted by Gasteiger charge is -2.10. The molecule has 0 aromatic rings. The second-order valence-electron chi connectivity index (χ2n) is 6.67. The van der Waals surface area contributed by atoms with Crippen LogP contribution in [0.15, 0.2) is 36.5 Å². The number of rotatable bonds is 14. The molecule has 0 aliphatic heterocycles. The van der Waals surface area contributed by atoms with E-state index in [1.165, 1.54) is 37.0 Å². The molecule has 2 atom stereocenters. The molecule has 0 saturated carbocycles. The molecule has 25 heavy (non-hydrogen) atoms. The van der Waals surface area contributed by atoms with Crippen LogP contribution < -0.4 is 0 Å². The molecule has 0 heterocycles. The van der Waals surface area contributed by atoms with Crippen LogP contribution in [0.4, 0.5) is 0 Å². The van der Waals surface area contributed by atoms with Gasteiger partial charge in [-0.25, -0.2) is 0 Å². The van der Waals surface area contributed by atoms with E-state index in [1.54, 1.807) is 32.3 Å². The average molecular weight is 352 g/mol. The van der Waals surface area contributed by atoms with Crippen molar-refractivity contribution in [2.75, 3.05) is 14.1 Å². The first-order valence-electron chi connectivity index (χ1n) is 9.55. The minimum absolute atomic E-state index is 0.0188. The molecule has 0 aliphatic carbocycles. The summed E-state index contributed by atoms with van der Waals surface area (Å²) < 4.78 is 0. The van der Waals surface area contributed by atoms with E-state index in [2.05, 4.69) is 6.92 Å². The molecule has 0 radical (unpaired) electrons. The zero-order valence-corrected chi connectivity index (χ0v) is 16.2. The van der Waals surface area contributed by atoms with Crippen LogP contribution >= 0.6 is 0 Å². The number of carbonyl (C=O) groups excluding carboxylic acids is 1. The van der Waals surface area contributed by atoms with Crippen molar-refractivity contribution in [3.05, 3.63) is 36.5 Å². The SMILES string of the molecule is CCCCCCCCC(O)/C=C/C=C\C=C\C(O)CCC(=O)N(C)C. The lowest BCUT2D eigenvalue weighted by atomic mass is 10.1. The Morgan fingerprint density at radius 1 is 0.840 bits per heavy atom. The fourth-order valence-electron chi connectivity index (χ4n) is 2.33. The van der Waals surface area contributed by atoms with E-state index in [-0.39, 0.29) is 12.0 Å². The summed E-state index contributed by atoms with van der Waals surface area (Å²) in [4.78, 5) is 12.9. The highest BCUT2D eigenvalue weighted by Gasteiger charge is 2.06. The largest absolute Gasteiger partial charge is 0.389 e. The Morgan fingerprint density at radius 2 is 1.36 bits per heavy atom. The van der Waals surface area contributed by atoms with Crippen LogP contribution in [0.1, 0.15) is 64.7 Å². The summed E-state index contributed by atoms with van der Waals surface area (Å²) in [5, 5.41) is 19.6. The second-order valence-corrected chi connectivity index (χ2v) is 6.67. The smallest absolute Gasteiger partial charge is 0.222 e. The first-order valence-corrected chi connectivity index (χ1v) is 9.55. The second kappa shape index (κ2) is 16.1. The van der Waals surface area contributed by atoms with Crippen LogP contribution in [0.25, 0.3) is 0 Å². The maximum Gasteiger partial charge on any atom is 0.222 e. The zero-order chi connectivity index (χ0) is 18.9. The number of unbranched alkanes of at least 4 members (excludes halogenated alkanes) is 5. The Kier molecular flexibility index (Phi) is 15.2. The number of aliphatic hydroxyl groups excluding tert-OH is 2. The van der Waals surface area contributed by atoms with Gasteiger partial charge in [0, 0.05) is 20.5 Å². The van der Waals surface area contributed by atoms with E-state index in [1.807, 2.05) is 18.2 Å². The first kappa shape index (κ1) is 23.6. The van der Waals surface area contributed by atoms with Gasteiger partial charge < -0.3 is 15.1 Å². The van der Waals surface area contributed by atoms with Crippen molar-refractivity contribution in [1.82, 2.24) is 4.90 Å². The number of allylic oxidation sites excluding steroid dienone is 4. The number of aliphatic hydroxyl groups is 2. The van der Waals surface area contributed by atoms with Gasteiger partial charge in [0.2, 0.25) is 5.91 Å². The Labute approximate surface area is 153 Å². The van der Waals surface area contributed by atoms with Crippen LogP contribution in [-0.2, 0) is 4.79 Å². The van der Waals surface area contributed by atoms with Crippen LogP contribution in [0.2, 0.25) is 0 Å². The Hall–Kier alpha value is -1.39. The van der Waals surface area contributed by atoms with Crippen LogP contribution in [0.3, 0.4) is 0 Å². The normalized spacial score (nSPS) is 14.6.